The highest BCUT2D eigenvalue weighted by molar-refractivity contribution is 7.80. The first-order valence-corrected chi connectivity index (χ1v) is 10.8. The number of hydrogen-bond acceptors (Lipinski definition) is 5. The smallest absolute Gasteiger partial charge is 0.257 e. The van der Waals surface area contributed by atoms with Crippen LogP contribution in [0, 0.1) is 0 Å². The van der Waals surface area contributed by atoms with E-state index < -0.39 is 0 Å². The number of ether oxygens (including phenoxy) is 2. The van der Waals surface area contributed by atoms with Crippen LogP contribution in [0.1, 0.15) is 47.4 Å². The largest absolute Gasteiger partial charge is 0.491 e. The molecule has 31 heavy (non-hydrogen) atoms. The molecule has 0 saturated heterocycles. The van der Waals surface area contributed by atoms with Crippen molar-refractivity contribution in [2.45, 2.75) is 26.7 Å². The van der Waals surface area contributed by atoms with Crippen molar-refractivity contribution in [1.82, 2.24) is 10.6 Å². The third kappa shape index (κ3) is 8.74. The molecule has 0 aliphatic carbocycles. The van der Waals surface area contributed by atoms with Crippen molar-refractivity contribution < 1.29 is 19.1 Å². The zero-order valence-corrected chi connectivity index (χ0v) is 18.7. The molecule has 0 radical (unpaired) electrons. The SMILES string of the molecule is CCCCNC(=O)c1cccc(NC(=S)NC(=O)c2cccc(OCCOCC)c2)c1. The van der Waals surface area contributed by atoms with Crippen LogP contribution in [-0.4, -0.2) is 43.3 Å². The van der Waals surface area contributed by atoms with Crippen LogP contribution in [-0.2, 0) is 4.74 Å². The molecule has 2 aromatic carbocycles. The highest BCUT2D eigenvalue weighted by atomic mass is 32.1. The third-order valence-electron chi connectivity index (χ3n) is 4.22. The molecule has 2 rings (SSSR count). The molecule has 8 heteroatoms. The Labute approximate surface area is 188 Å². The van der Waals surface area contributed by atoms with Gasteiger partial charge < -0.3 is 20.1 Å². The maximum Gasteiger partial charge on any atom is 0.257 e. The van der Waals surface area contributed by atoms with Gasteiger partial charge >= 0.3 is 0 Å². The van der Waals surface area contributed by atoms with Crippen molar-refractivity contribution in [2.24, 2.45) is 0 Å². The first-order chi connectivity index (χ1) is 15.0. The Kier molecular flexibility index (Phi) is 10.5. The second-order valence-corrected chi connectivity index (χ2v) is 7.08. The number of anilines is 1. The maximum absolute atomic E-state index is 12.5. The van der Waals surface area contributed by atoms with Gasteiger partial charge in [0.15, 0.2) is 5.11 Å². The molecule has 0 aliphatic heterocycles. The molecule has 0 aromatic heterocycles. The fourth-order valence-electron chi connectivity index (χ4n) is 2.65. The Bertz CT molecular complexity index is 889. The molecule has 7 nitrogen and oxygen atoms in total. The fourth-order valence-corrected chi connectivity index (χ4v) is 2.86. The number of amides is 2. The van der Waals surface area contributed by atoms with Gasteiger partial charge in [-0.25, -0.2) is 0 Å². The van der Waals surface area contributed by atoms with Gasteiger partial charge in [-0.05, 0) is 62.0 Å². The molecule has 0 aliphatic rings. The summed E-state index contributed by atoms with van der Waals surface area (Å²) in [4.78, 5) is 24.7. The van der Waals surface area contributed by atoms with E-state index in [-0.39, 0.29) is 16.9 Å². The van der Waals surface area contributed by atoms with Crippen LogP contribution in [0.2, 0.25) is 0 Å². The minimum atomic E-state index is -0.360. The van der Waals surface area contributed by atoms with Gasteiger partial charge in [0.25, 0.3) is 11.8 Å². The van der Waals surface area contributed by atoms with E-state index in [1.54, 1.807) is 48.5 Å². The molecule has 0 saturated carbocycles. The summed E-state index contributed by atoms with van der Waals surface area (Å²) in [7, 11) is 0. The Morgan fingerprint density at radius 2 is 1.71 bits per heavy atom. The first kappa shape index (κ1) is 24.3. The lowest BCUT2D eigenvalue weighted by atomic mass is 10.2. The number of benzene rings is 2. The van der Waals surface area contributed by atoms with Crippen LogP contribution in [0.5, 0.6) is 5.75 Å². The summed E-state index contributed by atoms with van der Waals surface area (Å²) in [5.74, 6) is 0.0717. The van der Waals surface area contributed by atoms with Crippen molar-refractivity contribution in [3.8, 4) is 5.75 Å². The van der Waals surface area contributed by atoms with E-state index in [1.807, 2.05) is 6.92 Å². The van der Waals surface area contributed by atoms with Crippen LogP contribution >= 0.6 is 12.2 Å². The van der Waals surface area contributed by atoms with E-state index in [0.717, 1.165) is 12.8 Å². The lowest BCUT2D eigenvalue weighted by molar-refractivity contribution is 0.0950. The predicted molar refractivity (Wildman–Crippen MR) is 126 cm³/mol. The summed E-state index contributed by atoms with van der Waals surface area (Å²) < 4.78 is 10.8. The van der Waals surface area contributed by atoms with Crippen LogP contribution in [0.25, 0.3) is 0 Å². The summed E-state index contributed by atoms with van der Waals surface area (Å²) in [5.41, 5.74) is 1.55. The highest BCUT2D eigenvalue weighted by Crippen LogP contribution is 2.14. The predicted octanol–water partition coefficient (Wildman–Crippen LogP) is 3.76. The third-order valence-corrected chi connectivity index (χ3v) is 4.43. The monoisotopic (exact) mass is 443 g/mol. The van der Waals surface area contributed by atoms with E-state index in [1.165, 1.54) is 0 Å². The van der Waals surface area contributed by atoms with Crippen molar-refractivity contribution >= 4 is 34.8 Å². The summed E-state index contributed by atoms with van der Waals surface area (Å²) >= 11 is 5.25. The number of hydrogen-bond donors (Lipinski definition) is 3. The van der Waals surface area contributed by atoms with Crippen LogP contribution in [0.3, 0.4) is 0 Å². The standard InChI is InChI=1S/C23H29N3O4S/c1-3-5-12-24-21(27)17-8-6-10-19(15-17)25-23(31)26-22(28)18-9-7-11-20(16-18)30-14-13-29-4-2/h6-11,15-16H,3-5,12-14H2,1-2H3,(H,24,27)(H2,25,26,28,31). The zero-order chi connectivity index (χ0) is 22.5. The second kappa shape index (κ2) is 13.4. The van der Waals surface area contributed by atoms with Gasteiger partial charge in [0.05, 0.1) is 6.61 Å². The molecule has 0 unspecified atom stereocenters. The first-order valence-electron chi connectivity index (χ1n) is 10.3. The second-order valence-electron chi connectivity index (χ2n) is 6.67. The summed E-state index contributed by atoms with van der Waals surface area (Å²) in [6, 6.07) is 13.8. The van der Waals surface area contributed by atoms with Crippen molar-refractivity contribution in [3.05, 3.63) is 59.7 Å². The van der Waals surface area contributed by atoms with Gasteiger partial charge in [0.1, 0.15) is 12.4 Å². The molecule has 166 valence electrons. The number of rotatable bonds is 11. The van der Waals surface area contributed by atoms with E-state index in [2.05, 4.69) is 22.9 Å². The molecule has 2 amide bonds. The normalized spacial score (nSPS) is 10.3. The Balaban J connectivity index is 1.90. The quantitative estimate of drug-likeness (QED) is 0.362. The minimum Gasteiger partial charge on any atom is -0.491 e. The van der Waals surface area contributed by atoms with Gasteiger partial charge in [-0.15, -0.1) is 0 Å². The number of carbonyl (C=O) groups excluding carboxylic acids is 2. The average molecular weight is 444 g/mol. The Hall–Kier alpha value is -2.97. The molecular weight excluding hydrogens is 414 g/mol. The van der Waals surface area contributed by atoms with E-state index >= 15 is 0 Å². The molecule has 2 aromatic rings. The number of unbranched alkanes of at least 4 members (excludes halogenated alkanes) is 1. The van der Waals surface area contributed by atoms with Crippen molar-refractivity contribution in [3.63, 3.8) is 0 Å². The van der Waals surface area contributed by atoms with Crippen LogP contribution < -0.4 is 20.7 Å². The number of nitrogens with one attached hydrogen (secondary N) is 3. The molecular formula is C23H29N3O4S. The van der Waals surface area contributed by atoms with Gasteiger partial charge in [0, 0.05) is 30.0 Å². The molecule has 0 spiro atoms. The lowest BCUT2D eigenvalue weighted by Crippen LogP contribution is -2.34. The molecule has 0 bridgehead atoms. The summed E-state index contributed by atoms with van der Waals surface area (Å²) in [6.07, 6.45) is 1.94. The maximum atomic E-state index is 12.5. The fraction of sp³-hybridized carbons (Fsp3) is 0.348. The molecule has 0 fully saturated rings. The molecule has 0 atom stereocenters. The van der Waals surface area contributed by atoms with Gasteiger partial charge in [0.2, 0.25) is 0 Å². The zero-order valence-electron chi connectivity index (χ0n) is 17.9. The van der Waals surface area contributed by atoms with Crippen molar-refractivity contribution in [1.29, 1.82) is 0 Å². The van der Waals surface area contributed by atoms with Crippen LogP contribution in [0.4, 0.5) is 5.69 Å². The van der Waals surface area contributed by atoms with E-state index in [0.29, 0.717) is 48.9 Å². The Morgan fingerprint density at radius 1 is 0.968 bits per heavy atom. The van der Waals surface area contributed by atoms with Gasteiger partial charge in [-0.1, -0.05) is 25.5 Å². The number of carbonyl (C=O) groups is 2. The molecule has 0 heterocycles. The number of thiocarbonyl (C=S) groups is 1. The summed E-state index contributed by atoms with van der Waals surface area (Å²) in [5, 5.41) is 8.59. The van der Waals surface area contributed by atoms with Gasteiger partial charge in [-0.2, -0.15) is 0 Å². The van der Waals surface area contributed by atoms with Crippen molar-refractivity contribution in [2.75, 3.05) is 31.7 Å². The lowest BCUT2D eigenvalue weighted by Gasteiger charge is -2.12. The highest BCUT2D eigenvalue weighted by Gasteiger charge is 2.10. The van der Waals surface area contributed by atoms with Crippen LogP contribution in [0.15, 0.2) is 48.5 Å². The molecule has 3 N–H and O–H groups in total. The average Bonchev–Trinajstić information content (AvgIpc) is 2.77. The van der Waals surface area contributed by atoms with Gasteiger partial charge in [-0.3, -0.25) is 14.9 Å². The Morgan fingerprint density at radius 3 is 2.45 bits per heavy atom. The minimum absolute atomic E-state index is 0.135. The van der Waals surface area contributed by atoms with E-state index in [4.69, 9.17) is 21.7 Å². The topological polar surface area (TPSA) is 88.7 Å². The van der Waals surface area contributed by atoms with E-state index in [9.17, 15) is 9.59 Å². The summed E-state index contributed by atoms with van der Waals surface area (Å²) in [6.45, 7) is 6.13.